The van der Waals surface area contributed by atoms with Crippen molar-refractivity contribution in [3.63, 3.8) is 0 Å². The van der Waals surface area contributed by atoms with Crippen LogP contribution in [-0.2, 0) is 11.2 Å². The standard InChI is InChI=1S/C35H30N2O6/c1-40-27-17-23-15-16-37-33(25(23)19-28(27)41-2)31(21-9-5-3-6-10-21)30(24-13-14-26-29(18-24)43-20-42-26)32(35(37)39)36-34(38)22-11-7-4-8-12-22/h3-14,17-19,30,32H,15-16,20H2,1-2H3,(H,36,38)/t30-,32+/m0/s1. The van der Waals surface area contributed by atoms with Gasteiger partial charge < -0.3 is 29.2 Å². The third-order valence-corrected chi connectivity index (χ3v) is 8.33. The number of hydrogen-bond acceptors (Lipinski definition) is 6. The molecule has 2 amide bonds. The minimum Gasteiger partial charge on any atom is -0.493 e. The first kappa shape index (κ1) is 26.6. The van der Waals surface area contributed by atoms with Gasteiger partial charge in [0.15, 0.2) is 23.0 Å². The molecular weight excluding hydrogens is 544 g/mol. The van der Waals surface area contributed by atoms with Crippen LogP contribution in [0, 0.1) is 0 Å². The van der Waals surface area contributed by atoms with Gasteiger partial charge in [-0.2, -0.15) is 0 Å². The van der Waals surface area contributed by atoms with Crippen molar-refractivity contribution in [2.24, 2.45) is 0 Å². The number of rotatable bonds is 6. The summed E-state index contributed by atoms with van der Waals surface area (Å²) in [7, 11) is 3.22. The first-order valence-electron chi connectivity index (χ1n) is 14.2. The SMILES string of the molecule is COc1cc2c(cc1OC)C1=C(c3ccccc3)[C@H](c3ccc4c(c3)OCO4)[C@@H](NC(=O)c3ccccc3)C(=O)N1CC2. The van der Waals surface area contributed by atoms with Gasteiger partial charge in [-0.15, -0.1) is 0 Å². The van der Waals surface area contributed by atoms with Gasteiger partial charge in [0.1, 0.15) is 6.04 Å². The van der Waals surface area contributed by atoms with E-state index in [4.69, 9.17) is 18.9 Å². The van der Waals surface area contributed by atoms with Gasteiger partial charge in [0, 0.05) is 23.6 Å². The van der Waals surface area contributed by atoms with Gasteiger partial charge in [0.25, 0.3) is 11.8 Å². The van der Waals surface area contributed by atoms with Gasteiger partial charge in [0.2, 0.25) is 6.79 Å². The Morgan fingerprint density at radius 1 is 0.860 bits per heavy atom. The van der Waals surface area contributed by atoms with Crippen molar-refractivity contribution in [1.29, 1.82) is 0 Å². The summed E-state index contributed by atoms with van der Waals surface area (Å²) in [6.45, 7) is 0.588. The van der Waals surface area contributed by atoms with Crippen LogP contribution in [0.15, 0.2) is 91.0 Å². The monoisotopic (exact) mass is 574 g/mol. The Balaban J connectivity index is 1.49. The Kier molecular flexibility index (Phi) is 6.74. The minimum atomic E-state index is -0.881. The van der Waals surface area contributed by atoms with Gasteiger partial charge >= 0.3 is 0 Å². The van der Waals surface area contributed by atoms with Crippen LogP contribution < -0.4 is 24.3 Å². The fourth-order valence-electron chi connectivity index (χ4n) is 6.33. The number of benzene rings is 4. The van der Waals surface area contributed by atoms with E-state index in [2.05, 4.69) is 5.32 Å². The van der Waals surface area contributed by atoms with E-state index in [1.165, 1.54) is 0 Å². The number of methoxy groups -OCH3 is 2. The first-order valence-corrected chi connectivity index (χ1v) is 14.2. The quantitative estimate of drug-likeness (QED) is 0.337. The zero-order valence-corrected chi connectivity index (χ0v) is 23.8. The molecule has 216 valence electrons. The highest BCUT2D eigenvalue weighted by Gasteiger charge is 2.46. The molecule has 1 N–H and O–H groups in total. The average Bonchev–Trinajstić information content (AvgIpc) is 3.53. The molecule has 8 nitrogen and oxygen atoms in total. The summed E-state index contributed by atoms with van der Waals surface area (Å²) in [5.41, 5.74) is 5.93. The number of carbonyl (C=O) groups is 2. The molecule has 3 heterocycles. The number of hydrogen-bond donors (Lipinski definition) is 1. The number of fused-ring (bicyclic) bond motifs is 4. The van der Waals surface area contributed by atoms with Crippen molar-refractivity contribution in [2.75, 3.05) is 27.6 Å². The number of nitrogens with zero attached hydrogens (tertiary/aromatic N) is 1. The van der Waals surface area contributed by atoms with E-state index in [0.29, 0.717) is 41.5 Å². The third-order valence-electron chi connectivity index (χ3n) is 8.33. The molecule has 0 unspecified atom stereocenters. The van der Waals surface area contributed by atoms with Crippen LogP contribution in [-0.4, -0.2) is 50.3 Å². The summed E-state index contributed by atoms with van der Waals surface area (Å²) >= 11 is 0. The maximum atomic E-state index is 14.6. The molecule has 8 heteroatoms. The molecule has 0 radical (unpaired) electrons. The average molecular weight is 575 g/mol. The molecule has 0 saturated carbocycles. The summed E-state index contributed by atoms with van der Waals surface area (Å²) in [4.78, 5) is 30.0. The fraction of sp³-hybridized carbons (Fsp3) is 0.200. The summed E-state index contributed by atoms with van der Waals surface area (Å²) in [6.07, 6.45) is 0.626. The highest BCUT2D eigenvalue weighted by molar-refractivity contribution is 6.09. The molecule has 0 fully saturated rings. The van der Waals surface area contributed by atoms with E-state index in [1.807, 2.05) is 83.8 Å². The summed E-state index contributed by atoms with van der Waals surface area (Å²) in [5, 5.41) is 3.12. The molecule has 0 aromatic heterocycles. The molecule has 0 aliphatic carbocycles. The zero-order chi connectivity index (χ0) is 29.5. The van der Waals surface area contributed by atoms with Crippen molar-refractivity contribution in [1.82, 2.24) is 10.2 Å². The largest absolute Gasteiger partial charge is 0.493 e. The zero-order valence-electron chi connectivity index (χ0n) is 23.8. The lowest BCUT2D eigenvalue weighted by Crippen LogP contribution is -2.55. The first-order chi connectivity index (χ1) is 21.1. The van der Waals surface area contributed by atoms with Crippen molar-refractivity contribution in [2.45, 2.75) is 18.4 Å². The van der Waals surface area contributed by atoms with E-state index in [-0.39, 0.29) is 18.6 Å². The molecule has 0 saturated heterocycles. The summed E-state index contributed by atoms with van der Waals surface area (Å²) < 4.78 is 22.7. The number of ether oxygens (including phenoxy) is 4. The van der Waals surface area contributed by atoms with Gasteiger partial charge in [-0.05, 0) is 65.1 Å². The molecule has 0 spiro atoms. The lowest BCUT2D eigenvalue weighted by atomic mass is 9.74. The summed E-state index contributed by atoms with van der Waals surface area (Å²) in [5.74, 6) is 1.43. The van der Waals surface area contributed by atoms with E-state index in [0.717, 1.165) is 33.5 Å². The molecule has 3 aliphatic heterocycles. The predicted molar refractivity (Wildman–Crippen MR) is 161 cm³/mol. The second-order valence-electron chi connectivity index (χ2n) is 10.6. The van der Waals surface area contributed by atoms with Crippen LogP contribution in [0.4, 0.5) is 0 Å². The molecule has 0 bridgehead atoms. The van der Waals surface area contributed by atoms with E-state index in [1.54, 1.807) is 26.4 Å². The molecule has 3 aliphatic rings. The maximum absolute atomic E-state index is 14.6. The van der Waals surface area contributed by atoms with Crippen molar-refractivity contribution in [3.05, 3.63) is 119 Å². The molecule has 4 aromatic rings. The van der Waals surface area contributed by atoms with Crippen LogP contribution in [0.25, 0.3) is 11.3 Å². The second kappa shape index (κ2) is 10.9. The molecular formula is C35H30N2O6. The summed E-state index contributed by atoms with van der Waals surface area (Å²) in [6, 6.07) is 27.8. The lowest BCUT2D eigenvalue weighted by molar-refractivity contribution is -0.130. The highest BCUT2D eigenvalue weighted by Crippen LogP contribution is 2.50. The van der Waals surface area contributed by atoms with E-state index in [9.17, 15) is 9.59 Å². The van der Waals surface area contributed by atoms with Crippen molar-refractivity contribution >= 4 is 23.1 Å². The Bertz CT molecular complexity index is 1750. The highest BCUT2D eigenvalue weighted by atomic mass is 16.7. The Labute approximate surface area is 249 Å². The molecule has 7 rings (SSSR count). The number of carbonyl (C=O) groups excluding carboxylic acids is 2. The number of nitrogens with one attached hydrogen (secondary N) is 1. The van der Waals surface area contributed by atoms with Crippen LogP contribution in [0.3, 0.4) is 0 Å². The van der Waals surface area contributed by atoms with E-state index >= 15 is 0 Å². The van der Waals surface area contributed by atoms with Crippen molar-refractivity contribution < 1.29 is 28.5 Å². The second-order valence-corrected chi connectivity index (χ2v) is 10.6. The predicted octanol–water partition coefficient (Wildman–Crippen LogP) is 5.28. The third kappa shape index (κ3) is 4.55. The molecule has 2 atom stereocenters. The van der Waals surface area contributed by atoms with Gasteiger partial charge in [-0.3, -0.25) is 9.59 Å². The van der Waals surface area contributed by atoms with Gasteiger partial charge in [-0.25, -0.2) is 0 Å². The smallest absolute Gasteiger partial charge is 0.251 e. The molecule has 43 heavy (non-hydrogen) atoms. The topological polar surface area (TPSA) is 86.3 Å². The van der Waals surface area contributed by atoms with E-state index < -0.39 is 12.0 Å². The van der Waals surface area contributed by atoms with Crippen LogP contribution in [0.2, 0.25) is 0 Å². The van der Waals surface area contributed by atoms with Crippen molar-refractivity contribution in [3.8, 4) is 23.0 Å². The Morgan fingerprint density at radius 3 is 2.30 bits per heavy atom. The minimum absolute atomic E-state index is 0.131. The molecule has 4 aromatic carbocycles. The Morgan fingerprint density at radius 2 is 1.56 bits per heavy atom. The van der Waals surface area contributed by atoms with Gasteiger partial charge in [0.05, 0.1) is 19.9 Å². The van der Waals surface area contributed by atoms with Crippen LogP contribution in [0.5, 0.6) is 23.0 Å². The van der Waals surface area contributed by atoms with Crippen LogP contribution >= 0.6 is 0 Å². The maximum Gasteiger partial charge on any atom is 0.251 e. The van der Waals surface area contributed by atoms with Gasteiger partial charge in [-0.1, -0.05) is 54.6 Å². The Hall–Kier alpha value is -5.24. The van der Waals surface area contributed by atoms with Crippen LogP contribution in [0.1, 0.15) is 38.5 Å². The normalized spacial score (nSPS) is 18.6. The lowest BCUT2D eigenvalue weighted by Gasteiger charge is -2.44. The fourth-order valence-corrected chi connectivity index (χ4v) is 6.33. The number of amides is 2.